The molecule has 2 aromatic heterocycles. The Bertz CT molecular complexity index is 371. The summed E-state index contributed by atoms with van der Waals surface area (Å²) in [4.78, 5) is 0. The monoisotopic (exact) mass is 151 g/mol. The highest BCUT2D eigenvalue weighted by Crippen LogP contribution is 2.08. The van der Waals surface area contributed by atoms with Crippen LogP contribution < -0.4 is 11.2 Å². The van der Waals surface area contributed by atoms with Gasteiger partial charge in [0.15, 0.2) is 5.65 Å². The van der Waals surface area contributed by atoms with Crippen molar-refractivity contribution in [3.05, 3.63) is 18.5 Å². The lowest BCUT2D eigenvalue weighted by Gasteiger charge is -1.97. The summed E-state index contributed by atoms with van der Waals surface area (Å²) in [5.74, 6) is 0.624. The normalized spacial score (nSPS) is 10.6. The molecule has 2 aromatic rings. The van der Waals surface area contributed by atoms with E-state index in [9.17, 15) is 0 Å². The predicted molar refractivity (Wildman–Crippen MR) is 42.9 cm³/mol. The van der Waals surface area contributed by atoms with Gasteiger partial charge in [-0.3, -0.25) is 0 Å². The number of rotatable bonds is 1. The zero-order chi connectivity index (χ0) is 7.84. The largest absolute Gasteiger partial charge is 0.382 e. The van der Waals surface area contributed by atoms with Crippen molar-refractivity contribution in [1.82, 2.24) is 14.3 Å². The van der Waals surface area contributed by atoms with Gasteiger partial charge in [0, 0.05) is 13.1 Å². The third-order valence-electron chi connectivity index (χ3n) is 1.62. The summed E-state index contributed by atoms with van der Waals surface area (Å²) in [6, 6.07) is 1.88. The van der Waals surface area contributed by atoms with E-state index >= 15 is 0 Å². The van der Waals surface area contributed by atoms with Crippen LogP contribution in [0.15, 0.2) is 18.5 Å². The zero-order valence-electron chi connectivity index (χ0n) is 6.15. The molecule has 11 heavy (non-hydrogen) atoms. The molecule has 0 radical (unpaired) electrons. The van der Waals surface area contributed by atoms with Crippen LogP contribution in [0, 0.1) is 0 Å². The minimum atomic E-state index is 0.624. The van der Waals surface area contributed by atoms with Crippen molar-refractivity contribution in [2.75, 3.05) is 18.2 Å². The second-order valence-corrected chi connectivity index (χ2v) is 2.25. The number of nitrogens with one attached hydrogen (secondary N) is 1. The van der Waals surface area contributed by atoms with Gasteiger partial charge in [-0.15, -0.1) is 0 Å². The number of aromatic nitrogens is 3. The van der Waals surface area contributed by atoms with E-state index < -0.39 is 0 Å². The Morgan fingerprint density at radius 3 is 3.18 bits per heavy atom. The fourth-order valence-corrected chi connectivity index (χ4v) is 1.11. The molecular formula is C6H9N5. The van der Waals surface area contributed by atoms with Gasteiger partial charge >= 0.3 is 0 Å². The molecule has 2 heterocycles. The van der Waals surface area contributed by atoms with Crippen molar-refractivity contribution in [3.8, 4) is 0 Å². The number of nitrogens with two attached hydrogens (primary N) is 1. The van der Waals surface area contributed by atoms with Gasteiger partial charge in [-0.05, 0) is 0 Å². The van der Waals surface area contributed by atoms with E-state index in [-0.39, 0.29) is 0 Å². The molecule has 0 unspecified atom stereocenters. The van der Waals surface area contributed by atoms with Crippen molar-refractivity contribution in [3.63, 3.8) is 0 Å². The van der Waals surface area contributed by atoms with Crippen molar-refractivity contribution in [2.45, 2.75) is 0 Å². The van der Waals surface area contributed by atoms with E-state index in [0.717, 1.165) is 5.65 Å². The summed E-state index contributed by atoms with van der Waals surface area (Å²) in [5.41, 5.74) is 9.52. The molecule has 3 N–H and O–H groups in total. The lowest BCUT2D eigenvalue weighted by atomic mass is 10.7. The molecule has 0 aliphatic heterocycles. The zero-order valence-corrected chi connectivity index (χ0v) is 6.15. The van der Waals surface area contributed by atoms with Crippen LogP contribution in [0.5, 0.6) is 0 Å². The molecule has 0 saturated heterocycles. The summed E-state index contributed by atoms with van der Waals surface area (Å²) in [6.07, 6.45) is 3.49. The number of nitrogens with zero attached hydrogens (tertiary/aromatic N) is 3. The molecule has 0 aliphatic rings. The van der Waals surface area contributed by atoms with E-state index in [2.05, 4.69) is 10.5 Å². The molecule has 0 amide bonds. The Labute approximate surface area is 63.4 Å². The van der Waals surface area contributed by atoms with Crippen molar-refractivity contribution in [1.29, 1.82) is 0 Å². The second kappa shape index (κ2) is 1.91. The van der Waals surface area contributed by atoms with Crippen LogP contribution in [0.1, 0.15) is 0 Å². The second-order valence-electron chi connectivity index (χ2n) is 2.25. The maximum Gasteiger partial charge on any atom is 0.156 e. The smallest absolute Gasteiger partial charge is 0.156 e. The van der Waals surface area contributed by atoms with Crippen LogP contribution in [0.3, 0.4) is 0 Å². The van der Waals surface area contributed by atoms with Gasteiger partial charge in [0.25, 0.3) is 0 Å². The van der Waals surface area contributed by atoms with Gasteiger partial charge in [-0.25, -0.2) is 4.68 Å². The number of imidazole rings is 1. The Morgan fingerprint density at radius 2 is 2.45 bits per heavy atom. The fraction of sp³-hybridized carbons (Fsp3) is 0.167. The third kappa shape index (κ3) is 0.674. The number of hydrogen-bond acceptors (Lipinski definition) is 3. The van der Waals surface area contributed by atoms with E-state index in [1.54, 1.807) is 16.9 Å². The molecule has 2 rings (SSSR count). The van der Waals surface area contributed by atoms with E-state index in [4.69, 9.17) is 5.73 Å². The number of hydrogen-bond donors (Lipinski definition) is 2. The number of nitrogen functional groups attached to an aromatic ring is 1. The molecule has 58 valence electrons. The van der Waals surface area contributed by atoms with Crippen LogP contribution >= 0.6 is 0 Å². The summed E-state index contributed by atoms with van der Waals surface area (Å²) >= 11 is 0. The fourth-order valence-electron chi connectivity index (χ4n) is 1.11. The van der Waals surface area contributed by atoms with Crippen LogP contribution in [0.25, 0.3) is 5.65 Å². The summed E-state index contributed by atoms with van der Waals surface area (Å²) < 4.78 is 3.47. The molecule has 5 heteroatoms. The minimum Gasteiger partial charge on any atom is -0.382 e. The Hall–Kier alpha value is -1.65. The van der Waals surface area contributed by atoms with Crippen LogP contribution in [-0.4, -0.2) is 21.3 Å². The van der Waals surface area contributed by atoms with E-state index in [1.807, 2.05) is 17.8 Å². The molecular weight excluding hydrogens is 142 g/mol. The molecule has 0 bridgehead atoms. The van der Waals surface area contributed by atoms with Crippen LogP contribution in [-0.2, 0) is 0 Å². The van der Waals surface area contributed by atoms with Crippen molar-refractivity contribution in [2.24, 2.45) is 0 Å². The van der Waals surface area contributed by atoms with Crippen molar-refractivity contribution >= 4 is 11.5 Å². The molecule has 0 saturated carbocycles. The highest BCUT2D eigenvalue weighted by Gasteiger charge is 2.02. The van der Waals surface area contributed by atoms with Crippen LogP contribution in [0.4, 0.5) is 5.82 Å². The molecule has 0 spiro atoms. The first kappa shape index (κ1) is 6.09. The van der Waals surface area contributed by atoms with Gasteiger partial charge in [0.2, 0.25) is 0 Å². The number of fused-ring (bicyclic) bond motifs is 1. The maximum absolute atomic E-state index is 5.64. The maximum atomic E-state index is 5.64. The Balaban J connectivity index is 2.80. The van der Waals surface area contributed by atoms with Gasteiger partial charge in [-0.2, -0.15) is 9.61 Å². The lowest BCUT2D eigenvalue weighted by Crippen LogP contribution is -2.06. The summed E-state index contributed by atoms with van der Waals surface area (Å²) in [7, 11) is 1.83. The van der Waals surface area contributed by atoms with Crippen LogP contribution in [0.2, 0.25) is 0 Å². The van der Waals surface area contributed by atoms with Gasteiger partial charge in [0.05, 0.1) is 12.4 Å². The van der Waals surface area contributed by atoms with Gasteiger partial charge in [0.1, 0.15) is 5.82 Å². The van der Waals surface area contributed by atoms with Gasteiger partial charge < -0.3 is 11.2 Å². The topological polar surface area (TPSA) is 60.3 Å². The van der Waals surface area contributed by atoms with E-state index in [1.165, 1.54) is 0 Å². The quantitative estimate of drug-likeness (QED) is 0.598. The first-order valence-electron chi connectivity index (χ1n) is 3.31. The first-order valence-corrected chi connectivity index (χ1v) is 3.31. The summed E-state index contributed by atoms with van der Waals surface area (Å²) in [5, 5.41) is 4.02. The molecule has 5 nitrogen and oxygen atoms in total. The van der Waals surface area contributed by atoms with E-state index in [0.29, 0.717) is 5.82 Å². The highest BCUT2D eigenvalue weighted by molar-refractivity contribution is 5.48. The standard InChI is InChI=1S/C6H9N5/c1-8-10-4-5(7)11-6(10)2-3-9-11/h2-4,8H,7H2,1H3. The number of anilines is 1. The third-order valence-corrected chi connectivity index (χ3v) is 1.62. The average Bonchev–Trinajstić information content (AvgIpc) is 2.54. The van der Waals surface area contributed by atoms with Crippen molar-refractivity contribution < 1.29 is 0 Å². The summed E-state index contributed by atoms with van der Waals surface area (Å²) in [6.45, 7) is 0. The Kier molecular flexibility index (Phi) is 1.06. The average molecular weight is 151 g/mol. The SMILES string of the molecule is CNn1cc(N)n2nccc12. The predicted octanol–water partition coefficient (Wildman–Crippen LogP) is -0.109. The first-order chi connectivity index (χ1) is 5.33. The highest BCUT2D eigenvalue weighted by atomic mass is 15.5. The minimum absolute atomic E-state index is 0.624. The van der Waals surface area contributed by atoms with Gasteiger partial charge in [-0.1, -0.05) is 0 Å². The molecule has 0 fully saturated rings. The molecule has 0 aromatic carbocycles. The molecule has 0 atom stereocenters. The molecule has 0 aliphatic carbocycles. The lowest BCUT2D eigenvalue weighted by molar-refractivity contribution is 0.936. The Morgan fingerprint density at radius 1 is 1.64 bits per heavy atom.